The lowest BCUT2D eigenvalue weighted by Crippen LogP contribution is -1.94. The van der Waals surface area contributed by atoms with E-state index in [9.17, 15) is 0 Å². The van der Waals surface area contributed by atoms with Crippen LogP contribution in [0.4, 0.5) is 0 Å². The molecular formula is C18H18IN. The number of unbranched alkanes of at least 4 members (excludes halogenated alkanes) is 1. The van der Waals surface area contributed by atoms with Gasteiger partial charge in [0.05, 0.1) is 5.52 Å². The van der Waals surface area contributed by atoms with Crippen molar-refractivity contribution in [3.8, 4) is 11.8 Å². The van der Waals surface area contributed by atoms with Gasteiger partial charge in [-0.25, -0.2) is 0 Å². The van der Waals surface area contributed by atoms with Crippen molar-refractivity contribution in [1.82, 2.24) is 4.98 Å². The molecule has 1 atom stereocenters. The quantitative estimate of drug-likeness (QED) is 0.232. The Morgan fingerprint density at radius 1 is 1.35 bits per heavy atom. The number of benzene rings is 1. The van der Waals surface area contributed by atoms with Crippen LogP contribution in [0.15, 0.2) is 49.2 Å². The molecule has 1 nitrogen and oxygen atoms in total. The second-order valence-electron chi connectivity index (χ2n) is 4.73. The van der Waals surface area contributed by atoms with E-state index < -0.39 is 0 Å². The molecule has 20 heavy (non-hydrogen) atoms. The van der Waals surface area contributed by atoms with Crippen LogP contribution in [0.25, 0.3) is 10.9 Å². The van der Waals surface area contributed by atoms with E-state index in [0.29, 0.717) is 3.92 Å². The number of halogens is 1. The van der Waals surface area contributed by atoms with Gasteiger partial charge in [0.1, 0.15) is 0 Å². The summed E-state index contributed by atoms with van der Waals surface area (Å²) in [6, 6.07) is 10.2. The molecule has 0 unspecified atom stereocenters. The Bertz CT molecular complexity index is 636. The minimum atomic E-state index is 0.689. The molecule has 2 rings (SSSR count). The van der Waals surface area contributed by atoms with Crippen LogP contribution in [0.2, 0.25) is 0 Å². The standard InChI is InChI=1S/C18H18IN/c1-2-8-17(19)11-5-3-4-9-15-13-16-10-6-7-12-18(16)20-14-15/h2,6-7,10,12-14,17H,1,3,5,8,11H2/t17-/m0/s1. The summed E-state index contributed by atoms with van der Waals surface area (Å²) >= 11 is 2.48. The second-order valence-corrected chi connectivity index (χ2v) is 6.49. The number of fused-ring (bicyclic) bond motifs is 1. The number of rotatable bonds is 5. The maximum Gasteiger partial charge on any atom is 0.0702 e. The maximum absolute atomic E-state index is 4.42. The average Bonchev–Trinajstić information content (AvgIpc) is 2.47. The third-order valence-electron chi connectivity index (χ3n) is 3.06. The molecule has 0 saturated carbocycles. The van der Waals surface area contributed by atoms with Gasteiger partial charge in [-0.3, -0.25) is 4.98 Å². The van der Waals surface area contributed by atoms with Crippen molar-refractivity contribution in [2.45, 2.75) is 29.6 Å². The van der Waals surface area contributed by atoms with Gasteiger partial charge in [-0.05, 0) is 31.4 Å². The molecule has 0 fully saturated rings. The van der Waals surface area contributed by atoms with Gasteiger partial charge in [0.25, 0.3) is 0 Å². The first-order valence-corrected chi connectivity index (χ1v) is 8.13. The van der Waals surface area contributed by atoms with Gasteiger partial charge in [0, 0.05) is 27.5 Å². The number of nitrogens with zero attached hydrogens (tertiary/aromatic N) is 1. The summed E-state index contributed by atoms with van der Waals surface area (Å²) in [5.74, 6) is 6.45. The summed E-state index contributed by atoms with van der Waals surface area (Å²) in [7, 11) is 0. The van der Waals surface area contributed by atoms with Crippen LogP contribution >= 0.6 is 22.6 Å². The number of hydrogen-bond donors (Lipinski definition) is 0. The normalized spacial score (nSPS) is 11.7. The largest absolute Gasteiger partial charge is 0.255 e. The lowest BCUT2D eigenvalue weighted by molar-refractivity contribution is 0.736. The third-order valence-corrected chi connectivity index (χ3v) is 4.20. The smallest absolute Gasteiger partial charge is 0.0702 e. The van der Waals surface area contributed by atoms with Crippen molar-refractivity contribution >= 4 is 33.5 Å². The lowest BCUT2D eigenvalue weighted by atomic mass is 10.1. The number of aromatic nitrogens is 1. The van der Waals surface area contributed by atoms with Gasteiger partial charge in [0.2, 0.25) is 0 Å². The van der Waals surface area contributed by atoms with E-state index in [1.54, 1.807) is 0 Å². The molecule has 0 aliphatic carbocycles. The highest BCUT2D eigenvalue weighted by molar-refractivity contribution is 14.1. The van der Waals surface area contributed by atoms with Crippen LogP contribution < -0.4 is 0 Å². The van der Waals surface area contributed by atoms with E-state index in [0.717, 1.165) is 35.7 Å². The van der Waals surface area contributed by atoms with Crippen molar-refractivity contribution in [3.63, 3.8) is 0 Å². The number of hydrogen-bond acceptors (Lipinski definition) is 1. The summed E-state index contributed by atoms with van der Waals surface area (Å²) in [4.78, 5) is 4.42. The summed E-state index contributed by atoms with van der Waals surface area (Å²) in [6.07, 6.45) is 8.23. The molecule has 0 radical (unpaired) electrons. The fraction of sp³-hybridized carbons (Fsp3) is 0.278. The maximum atomic E-state index is 4.42. The van der Waals surface area contributed by atoms with Crippen molar-refractivity contribution < 1.29 is 0 Å². The van der Waals surface area contributed by atoms with Crippen LogP contribution in [0.3, 0.4) is 0 Å². The van der Waals surface area contributed by atoms with Crippen molar-refractivity contribution in [2.24, 2.45) is 0 Å². The molecule has 0 spiro atoms. The van der Waals surface area contributed by atoms with E-state index >= 15 is 0 Å². The van der Waals surface area contributed by atoms with Crippen molar-refractivity contribution in [1.29, 1.82) is 0 Å². The number of pyridine rings is 1. The molecule has 0 saturated heterocycles. The number of allylic oxidation sites excluding steroid dienone is 1. The predicted octanol–water partition coefficient (Wildman–Crippen LogP) is 5.14. The molecule has 0 N–H and O–H groups in total. The van der Waals surface area contributed by atoms with Crippen LogP contribution in [-0.4, -0.2) is 8.91 Å². The Kier molecular flexibility index (Phi) is 6.07. The topological polar surface area (TPSA) is 12.9 Å². The van der Waals surface area contributed by atoms with E-state index in [-0.39, 0.29) is 0 Å². The highest BCUT2D eigenvalue weighted by Gasteiger charge is 1.99. The lowest BCUT2D eigenvalue weighted by Gasteiger charge is -2.03. The van der Waals surface area contributed by atoms with E-state index in [2.05, 4.69) is 58.1 Å². The molecule has 2 heteroatoms. The molecule has 102 valence electrons. The van der Waals surface area contributed by atoms with Gasteiger partial charge in [-0.1, -0.05) is 58.7 Å². The van der Waals surface area contributed by atoms with Crippen LogP contribution in [-0.2, 0) is 0 Å². The van der Waals surface area contributed by atoms with Gasteiger partial charge in [0.15, 0.2) is 0 Å². The molecule has 1 heterocycles. The molecule has 0 aliphatic heterocycles. The summed E-state index contributed by atoms with van der Waals surface area (Å²) in [5.41, 5.74) is 2.02. The number of alkyl halides is 1. The first kappa shape index (κ1) is 15.1. The zero-order chi connectivity index (χ0) is 14.2. The minimum Gasteiger partial charge on any atom is -0.255 e. The number of para-hydroxylation sites is 1. The van der Waals surface area contributed by atoms with Gasteiger partial charge >= 0.3 is 0 Å². The highest BCUT2D eigenvalue weighted by Crippen LogP contribution is 2.14. The summed E-state index contributed by atoms with van der Waals surface area (Å²) in [5, 5.41) is 1.15. The van der Waals surface area contributed by atoms with Crippen molar-refractivity contribution in [2.75, 3.05) is 0 Å². The molecule has 0 amide bonds. The Morgan fingerprint density at radius 3 is 3.05 bits per heavy atom. The van der Waals surface area contributed by atoms with Crippen LogP contribution in [0, 0.1) is 11.8 Å². The van der Waals surface area contributed by atoms with Gasteiger partial charge in [-0.15, -0.1) is 6.58 Å². The fourth-order valence-electron chi connectivity index (χ4n) is 2.01. The van der Waals surface area contributed by atoms with Crippen molar-refractivity contribution in [3.05, 3.63) is 54.7 Å². The zero-order valence-corrected chi connectivity index (χ0v) is 13.6. The Hall–Kier alpha value is -1.34. The van der Waals surface area contributed by atoms with Crippen LogP contribution in [0.1, 0.15) is 31.2 Å². The first-order chi connectivity index (χ1) is 9.79. The van der Waals surface area contributed by atoms with Crippen LogP contribution in [0.5, 0.6) is 0 Å². The molecular weight excluding hydrogens is 357 g/mol. The van der Waals surface area contributed by atoms with Gasteiger partial charge < -0.3 is 0 Å². The molecule has 1 aromatic carbocycles. The molecule has 0 bridgehead atoms. The van der Waals surface area contributed by atoms with E-state index in [4.69, 9.17) is 0 Å². The Labute approximate surface area is 134 Å². The van der Waals surface area contributed by atoms with Gasteiger partial charge in [-0.2, -0.15) is 0 Å². The second kappa shape index (κ2) is 8.06. The fourth-order valence-corrected chi connectivity index (χ4v) is 2.81. The zero-order valence-electron chi connectivity index (χ0n) is 11.5. The highest BCUT2D eigenvalue weighted by atomic mass is 127. The monoisotopic (exact) mass is 375 g/mol. The Morgan fingerprint density at radius 2 is 2.20 bits per heavy atom. The minimum absolute atomic E-state index is 0.689. The third kappa shape index (κ3) is 4.64. The summed E-state index contributed by atoms with van der Waals surface area (Å²) in [6.45, 7) is 3.77. The molecule has 2 aromatic rings. The van der Waals surface area contributed by atoms with E-state index in [1.165, 1.54) is 6.42 Å². The molecule has 1 aromatic heterocycles. The molecule has 0 aliphatic rings. The SMILES string of the molecule is C=CC[C@H](I)CCCC#Cc1cnc2ccccc2c1. The average molecular weight is 375 g/mol. The predicted molar refractivity (Wildman–Crippen MR) is 95.1 cm³/mol. The Balaban J connectivity index is 1.89. The van der Waals surface area contributed by atoms with E-state index in [1.807, 2.05) is 30.5 Å². The summed E-state index contributed by atoms with van der Waals surface area (Å²) < 4.78 is 0.689. The first-order valence-electron chi connectivity index (χ1n) is 6.88.